The number of hydrogen-bond acceptors (Lipinski definition) is 4. The van der Waals surface area contributed by atoms with E-state index in [-0.39, 0.29) is 5.97 Å². The first-order valence-electron chi connectivity index (χ1n) is 5.59. The second kappa shape index (κ2) is 7.63. The van der Waals surface area contributed by atoms with Gasteiger partial charge in [0.1, 0.15) is 0 Å². The van der Waals surface area contributed by atoms with E-state index < -0.39 is 5.79 Å². The summed E-state index contributed by atoms with van der Waals surface area (Å²) in [5, 5.41) is 18.7. The van der Waals surface area contributed by atoms with E-state index >= 15 is 0 Å². The van der Waals surface area contributed by atoms with Gasteiger partial charge in [-0.15, -0.1) is 0 Å². The lowest BCUT2D eigenvalue weighted by atomic mass is 10.0. The molecule has 0 aliphatic heterocycles. The predicted molar refractivity (Wildman–Crippen MR) is 69.7 cm³/mol. The number of esters is 1. The summed E-state index contributed by atoms with van der Waals surface area (Å²) in [5.41, 5.74) is 0.977. The van der Waals surface area contributed by atoms with Crippen LogP contribution in [0.15, 0.2) is 42.5 Å². The zero-order chi connectivity index (χ0) is 14.2. The molecule has 0 aliphatic carbocycles. The first kappa shape index (κ1) is 16.4. The van der Waals surface area contributed by atoms with E-state index in [4.69, 9.17) is 0 Å². The Kier molecular flexibility index (Phi) is 6.93. The van der Waals surface area contributed by atoms with Crippen LogP contribution in [0, 0.1) is 0 Å². The molecule has 0 atom stereocenters. The molecule has 1 rings (SSSR count). The second-order valence-electron chi connectivity index (χ2n) is 3.81. The largest absolute Gasteiger partial charge is 0.466 e. The van der Waals surface area contributed by atoms with Crippen LogP contribution >= 0.6 is 0 Å². The highest BCUT2D eigenvalue weighted by Gasteiger charge is 2.21. The van der Waals surface area contributed by atoms with Gasteiger partial charge >= 0.3 is 5.97 Å². The Morgan fingerprint density at radius 3 is 2.11 bits per heavy atom. The summed E-state index contributed by atoms with van der Waals surface area (Å²) in [6.45, 7) is 6.68. The van der Waals surface area contributed by atoms with Crippen molar-refractivity contribution >= 4 is 5.97 Å². The number of benzene rings is 1. The first-order valence-corrected chi connectivity index (χ1v) is 5.59. The molecule has 1 aromatic carbocycles. The number of rotatable bonds is 3. The van der Waals surface area contributed by atoms with Crippen molar-refractivity contribution in [2.75, 3.05) is 7.11 Å². The number of carbonyl (C=O) groups is 1. The molecule has 0 spiro atoms. The molecule has 2 N–H and O–H groups in total. The van der Waals surface area contributed by atoms with Gasteiger partial charge in [0.05, 0.1) is 7.11 Å². The monoisotopic (exact) mass is 252 g/mol. The molecule has 0 saturated heterocycles. The van der Waals surface area contributed by atoms with Gasteiger partial charge in [-0.3, -0.25) is 0 Å². The van der Waals surface area contributed by atoms with Crippen LogP contribution in [0.3, 0.4) is 0 Å². The number of ether oxygens (including phenoxy) is 1. The van der Waals surface area contributed by atoms with Crippen LogP contribution in [0.4, 0.5) is 0 Å². The van der Waals surface area contributed by atoms with Crippen molar-refractivity contribution in [3.63, 3.8) is 0 Å². The van der Waals surface area contributed by atoms with Crippen molar-refractivity contribution in [2.45, 2.75) is 26.1 Å². The van der Waals surface area contributed by atoms with Gasteiger partial charge < -0.3 is 14.9 Å². The van der Waals surface area contributed by atoms with E-state index in [9.17, 15) is 15.0 Å². The molecular formula is C14H20O4. The molecule has 1 aromatic rings. The molecular weight excluding hydrogens is 232 g/mol. The minimum atomic E-state index is -1.67. The summed E-state index contributed by atoms with van der Waals surface area (Å²) in [6.07, 6.45) is 0.303. The summed E-state index contributed by atoms with van der Waals surface area (Å²) in [6, 6.07) is 8.81. The number of aliphatic hydroxyl groups is 2. The topological polar surface area (TPSA) is 66.8 Å². The van der Waals surface area contributed by atoms with Crippen molar-refractivity contribution in [1.29, 1.82) is 0 Å². The summed E-state index contributed by atoms with van der Waals surface area (Å²) >= 11 is 0. The highest BCUT2D eigenvalue weighted by atomic mass is 16.5. The average Bonchev–Trinajstić information content (AvgIpc) is 2.39. The maximum atomic E-state index is 10.2. The molecule has 0 bridgehead atoms. The van der Waals surface area contributed by atoms with Crippen molar-refractivity contribution in [3.8, 4) is 0 Å². The third kappa shape index (κ3) is 5.61. The fourth-order valence-corrected chi connectivity index (χ4v) is 1.08. The lowest BCUT2D eigenvalue weighted by Crippen LogP contribution is -2.23. The van der Waals surface area contributed by atoms with Crippen LogP contribution in [0.25, 0.3) is 0 Å². The molecule has 0 saturated carbocycles. The van der Waals surface area contributed by atoms with E-state index in [0.29, 0.717) is 17.6 Å². The SMILES string of the molecule is C=C(C)C(=O)OC.CCC(O)(O)c1ccccc1. The van der Waals surface area contributed by atoms with Gasteiger partial charge in [0.15, 0.2) is 5.79 Å². The van der Waals surface area contributed by atoms with E-state index in [0.717, 1.165) is 0 Å². The molecule has 0 aromatic heterocycles. The lowest BCUT2D eigenvalue weighted by molar-refractivity contribution is -0.171. The third-order valence-corrected chi connectivity index (χ3v) is 2.26. The van der Waals surface area contributed by atoms with Gasteiger partial charge in [0.2, 0.25) is 0 Å². The maximum absolute atomic E-state index is 10.2. The summed E-state index contributed by atoms with van der Waals surface area (Å²) < 4.78 is 4.27. The molecule has 0 heterocycles. The fraction of sp³-hybridized carbons (Fsp3) is 0.357. The lowest BCUT2D eigenvalue weighted by Gasteiger charge is -2.19. The Hall–Kier alpha value is -1.65. The van der Waals surface area contributed by atoms with Crippen LogP contribution < -0.4 is 0 Å². The maximum Gasteiger partial charge on any atom is 0.332 e. The van der Waals surface area contributed by atoms with E-state index in [1.807, 2.05) is 6.07 Å². The molecule has 0 unspecified atom stereocenters. The van der Waals surface area contributed by atoms with Gasteiger partial charge in [-0.1, -0.05) is 43.8 Å². The van der Waals surface area contributed by atoms with E-state index in [1.54, 1.807) is 38.1 Å². The van der Waals surface area contributed by atoms with E-state index in [2.05, 4.69) is 11.3 Å². The number of carbonyl (C=O) groups excluding carboxylic acids is 1. The third-order valence-electron chi connectivity index (χ3n) is 2.26. The predicted octanol–water partition coefficient (Wildman–Crippen LogP) is 1.97. The zero-order valence-electron chi connectivity index (χ0n) is 11.0. The minimum Gasteiger partial charge on any atom is -0.466 e. The van der Waals surface area contributed by atoms with Gasteiger partial charge in [-0.2, -0.15) is 0 Å². The minimum absolute atomic E-state index is 0.303. The van der Waals surface area contributed by atoms with Crippen molar-refractivity contribution in [2.24, 2.45) is 0 Å². The van der Waals surface area contributed by atoms with E-state index in [1.165, 1.54) is 7.11 Å². The van der Waals surface area contributed by atoms with Crippen LogP contribution in [0.2, 0.25) is 0 Å². The fourth-order valence-electron chi connectivity index (χ4n) is 1.08. The zero-order valence-corrected chi connectivity index (χ0v) is 11.0. The van der Waals surface area contributed by atoms with Crippen LogP contribution in [-0.2, 0) is 15.3 Å². The molecule has 18 heavy (non-hydrogen) atoms. The molecule has 0 fully saturated rings. The highest BCUT2D eigenvalue weighted by molar-refractivity contribution is 5.86. The molecule has 4 nitrogen and oxygen atoms in total. The van der Waals surface area contributed by atoms with Gasteiger partial charge in [-0.25, -0.2) is 4.79 Å². The Labute approximate surface area is 108 Å². The average molecular weight is 252 g/mol. The molecule has 0 radical (unpaired) electrons. The van der Waals surface area contributed by atoms with Crippen molar-refractivity contribution in [1.82, 2.24) is 0 Å². The molecule has 100 valence electrons. The summed E-state index contributed by atoms with van der Waals surface area (Å²) in [7, 11) is 1.33. The Balaban J connectivity index is 0.000000360. The van der Waals surface area contributed by atoms with Crippen molar-refractivity contribution < 1.29 is 19.7 Å². The van der Waals surface area contributed by atoms with Crippen molar-refractivity contribution in [3.05, 3.63) is 48.0 Å². The standard InChI is InChI=1S/C9H12O2.C5H8O2/c1-2-9(10,11)8-6-4-3-5-7-8;1-4(2)5(6)7-3/h3-7,10-11H,2H2,1H3;1H2,2-3H3. The quantitative estimate of drug-likeness (QED) is 0.490. The molecule has 4 heteroatoms. The summed E-state index contributed by atoms with van der Waals surface area (Å²) in [5.74, 6) is -2.01. The Morgan fingerprint density at radius 1 is 1.33 bits per heavy atom. The molecule has 0 amide bonds. The number of methoxy groups -OCH3 is 1. The van der Waals surface area contributed by atoms with Crippen LogP contribution in [0.1, 0.15) is 25.8 Å². The molecule has 0 aliphatic rings. The Bertz CT molecular complexity index is 382. The van der Waals surface area contributed by atoms with Crippen LogP contribution in [-0.4, -0.2) is 23.3 Å². The van der Waals surface area contributed by atoms with Gasteiger partial charge in [0.25, 0.3) is 0 Å². The van der Waals surface area contributed by atoms with Crippen LogP contribution in [0.5, 0.6) is 0 Å². The smallest absolute Gasteiger partial charge is 0.332 e. The highest BCUT2D eigenvalue weighted by Crippen LogP contribution is 2.20. The van der Waals surface area contributed by atoms with Gasteiger partial charge in [0, 0.05) is 17.6 Å². The van der Waals surface area contributed by atoms with Gasteiger partial charge in [-0.05, 0) is 6.92 Å². The number of hydrogen-bond donors (Lipinski definition) is 2. The normalized spacial score (nSPS) is 10.1. The second-order valence-corrected chi connectivity index (χ2v) is 3.81. The summed E-state index contributed by atoms with van der Waals surface area (Å²) in [4.78, 5) is 10.2. The Morgan fingerprint density at radius 2 is 1.83 bits per heavy atom. The first-order chi connectivity index (χ1) is 8.35.